The average Bonchev–Trinajstić information content (AvgIpc) is 2.49. The van der Waals surface area contributed by atoms with Crippen molar-refractivity contribution in [2.75, 3.05) is 6.54 Å². The minimum atomic E-state index is 0.111. The average molecular weight is 184 g/mol. The highest BCUT2D eigenvalue weighted by Crippen LogP contribution is 2.35. The molecule has 64 valence electrons. The molecule has 1 aromatic carbocycles. The summed E-state index contributed by atoms with van der Waals surface area (Å²) >= 11 is 5.93. The number of benzene rings is 1. The van der Waals surface area contributed by atoms with Gasteiger partial charge in [-0.2, -0.15) is 0 Å². The van der Waals surface area contributed by atoms with Crippen LogP contribution in [0, 0.1) is 0 Å². The molecule has 0 bridgehead atoms. The molecule has 1 aromatic rings. The van der Waals surface area contributed by atoms with E-state index < -0.39 is 0 Å². The van der Waals surface area contributed by atoms with Crippen molar-refractivity contribution in [1.29, 1.82) is 0 Å². The second kappa shape index (κ2) is 2.96. The molecule has 0 amide bonds. The highest BCUT2D eigenvalue weighted by atomic mass is 35.5. The molecule has 1 aliphatic heterocycles. The van der Waals surface area contributed by atoms with E-state index in [1.54, 1.807) is 0 Å². The van der Waals surface area contributed by atoms with E-state index >= 15 is 0 Å². The van der Waals surface area contributed by atoms with Crippen molar-refractivity contribution >= 4 is 11.6 Å². The Kier molecular flexibility index (Phi) is 1.95. The SMILES string of the molecule is NCC1Cc2cccc(Cl)c2O1. The molecule has 1 atom stereocenters. The summed E-state index contributed by atoms with van der Waals surface area (Å²) in [4.78, 5) is 0. The van der Waals surface area contributed by atoms with E-state index in [9.17, 15) is 0 Å². The van der Waals surface area contributed by atoms with Crippen LogP contribution in [0.25, 0.3) is 0 Å². The van der Waals surface area contributed by atoms with Gasteiger partial charge in [-0.15, -0.1) is 0 Å². The summed E-state index contributed by atoms with van der Waals surface area (Å²) in [6, 6.07) is 5.79. The first-order chi connectivity index (χ1) is 5.81. The van der Waals surface area contributed by atoms with E-state index in [1.807, 2.05) is 18.2 Å². The lowest BCUT2D eigenvalue weighted by atomic mass is 10.1. The van der Waals surface area contributed by atoms with Gasteiger partial charge in [0.1, 0.15) is 11.9 Å². The number of hydrogen-bond acceptors (Lipinski definition) is 2. The minimum Gasteiger partial charge on any atom is -0.487 e. The van der Waals surface area contributed by atoms with Crippen LogP contribution in [0.2, 0.25) is 5.02 Å². The number of fused-ring (bicyclic) bond motifs is 1. The standard InChI is InChI=1S/C9H10ClNO/c10-8-3-1-2-6-4-7(5-11)12-9(6)8/h1-3,7H,4-5,11H2. The molecular formula is C9H10ClNO. The van der Waals surface area contributed by atoms with Crippen molar-refractivity contribution < 1.29 is 4.74 Å². The predicted octanol–water partition coefficient (Wildman–Crippen LogP) is 1.60. The molecule has 2 N–H and O–H groups in total. The Morgan fingerprint density at radius 1 is 1.58 bits per heavy atom. The summed E-state index contributed by atoms with van der Waals surface area (Å²) in [6.45, 7) is 0.547. The predicted molar refractivity (Wildman–Crippen MR) is 48.6 cm³/mol. The molecule has 0 fully saturated rings. The lowest BCUT2D eigenvalue weighted by molar-refractivity contribution is 0.241. The first-order valence-corrected chi connectivity index (χ1v) is 4.33. The highest BCUT2D eigenvalue weighted by molar-refractivity contribution is 6.32. The van der Waals surface area contributed by atoms with Crippen LogP contribution in [0.5, 0.6) is 5.75 Å². The summed E-state index contributed by atoms with van der Waals surface area (Å²) in [7, 11) is 0. The number of para-hydroxylation sites is 1. The lowest BCUT2D eigenvalue weighted by Crippen LogP contribution is -2.24. The molecule has 0 aromatic heterocycles. The minimum absolute atomic E-state index is 0.111. The Balaban J connectivity index is 2.35. The quantitative estimate of drug-likeness (QED) is 0.718. The first kappa shape index (κ1) is 7.90. The van der Waals surface area contributed by atoms with Gasteiger partial charge in [0.05, 0.1) is 5.02 Å². The number of ether oxygens (including phenoxy) is 1. The third-order valence-corrected chi connectivity index (χ3v) is 2.34. The van der Waals surface area contributed by atoms with Crippen LogP contribution in [0.15, 0.2) is 18.2 Å². The molecule has 2 rings (SSSR count). The van der Waals surface area contributed by atoms with Crippen LogP contribution >= 0.6 is 11.6 Å². The maximum atomic E-state index is 5.93. The van der Waals surface area contributed by atoms with Gasteiger partial charge < -0.3 is 10.5 Å². The fraction of sp³-hybridized carbons (Fsp3) is 0.333. The van der Waals surface area contributed by atoms with Crippen LogP contribution in [-0.2, 0) is 6.42 Å². The van der Waals surface area contributed by atoms with Gasteiger partial charge in [-0.1, -0.05) is 23.7 Å². The van der Waals surface area contributed by atoms with Gasteiger partial charge in [-0.05, 0) is 11.6 Å². The van der Waals surface area contributed by atoms with Gasteiger partial charge in [-0.3, -0.25) is 0 Å². The summed E-state index contributed by atoms with van der Waals surface area (Å²) in [5.74, 6) is 0.814. The van der Waals surface area contributed by atoms with Crippen molar-refractivity contribution in [3.63, 3.8) is 0 Å². The Morgan fingerprint density at radius 2 is 2.42 bits per heavy atom. The zero-order valence-electron chi connectivity index (χ0n) is 6.59. The molecular weight excluding hydrogens is 174 g/mol. The van der Waals surface area contributed by atoms with Crippen LogP contribution in [0.3, 0.4) is 0 Å². The Labute approximate surface area is 76.3 Å². The van der Waals surface area contributed by atoms with E-state index in [2.05, 4.69) is 0 Å². The van der Waals surface area contributed by atoms with Gasteiger partial charge in [0.15, 0.2) is 0 Å². The van der Waals surface area contributed by atoms with Gasteiger partial charge >= 0.3 is 0 Å². The maximum Gasteiger partial charge on any atom is 0.141 e. The van der Waals surface area contributed by atoms with Crippen molar-refractivity contribution in [3.05, 3.63) is 28.8 Å². The van der Waals surface area contributed by atoms with Crippen molar-refractivity contribution in [1.82, 2.24) is 0 Å². The number of hydrogen-bond donors (Lipinski definition) is 1. The van der Waals surface area contributed by atoms with E-state index in [1.165, 1.54) is 0 Å². The monoisotopic (exact) mass is 183 g/mol. The summed E-state index contributed by atoms with van der Waals surface area (Å²) < 4.78 is 5.53. The molecule has 0 radical (unpaired) electrons. The van der Waals surface area contributed by atoms with Crippen molar-refractivity contribution in [2.24, 2.45) is 5.73 Å². The molecule has 0 saturated carbocycles. The number of nitrogens with two attached hydrogens (primary N) is 1. The van der Waals surface area contributed by atoms with E-state index in [0.717, 1.165) is 17.7 Å². The fourth-order valence-corrected chi connectivity index (χ4v) is 1.67. The first-order valence-electron chi connectivity index (χ1n) is 3.95. The molecule has 0 aliphatic carbocycles. The van der Waals surface area contributed by atoms with E-state index in [-0.39, 0.29) is 6.10 Å². The lowest BCUT2D eigenvalue weighted by Gasteiger charge is -2.06. The highest BCUT2D eigenvalue weighted by Gasteiger charge is 2.22. The maximum absolute atomic E-state index is 5.93. The van der Waals surface area contributed by atoms with Gasteiger partial charge in [0.25, 0.3) is 0 Å². The summed E-state index contributed by atoms with van der Waals surface area (Å²) in [5, 5.41) is 0.684. The molecule has 0 spiro atoms. The van der Waals surface area contributed by atoms with Gasteiger partial charge in [0, 0.05) is 13.0 Å². The van der Waals surface area contributed by atoms with Crippen LogP contribution in [-0.4, -0.2) is 12.6 Å². The second-order valence-corrected chi connectivity index (χ2v) is 3.31. The summed E-state index contributed by atoms with van der Waals surface area (Å²) in [5.41, 5.74) is 6.66. The second-order valence-electron chi connectivity index (χ2n) is 2.91. The third kappa shape index (κ3) is 1.17. The zero-order chi connectivity index (χ0) is 8.55. The number of halogens is 1. The topological polar surface area (TPSA) is 35.2 Å². The van der Waals surface area contributed by atoms with Gasteiger partial charge in [0.2, 0.25) is 0 Å². The number of rotatable bonds is 1. The molecule has 0 saturated heterocycles. The van der Waals surface area contributed by atoms with Crippen LogP contribution in [0.4, 0.5) is 0 Å². The largest absolute Gasteiger partial charge is 0.487 e. The molecule has 3 heteroatoms. The van der Waals surface area contributed by atoms with E-state index in [4.69, 9.17) is 22.1 Å². The Hall–Kier alpha value is -0.730. The smallest absolute Gasteiger partial charge is 0.141 e. The Bertz CT molecular complexity index is 301. The fourth-order valence-electron chi connectivity index (χ4n) is 1.43. The molecule has 2 nitrogen and oxygen atoms in total. The van der Waals surface area contributed by atoms with Crippen molar-refractivity contribution in [2.45, 2.75) is 12.5 Å². The zero-order valence-corrected chi connectivity index (χ0v) is 7.34. The van der Waals surface area contributed by atoms with E-state index in [0.29, 0.717) is 11.6 Å². The Morgan fingerprint density at radius 3 is 3.08 bits per heavy atom. The van der Waals surface area contributed by atoms with Crippen LogP contribution < -0.4 is 10.5 Å². The molecule has 12 heavy (non-hydrogen) atoms. The summed E-state index contributed by atoms with van der Waals surface area (Å²) in [6.07, 6.45) is 0.992. The molecule has 1 heterocycles. The normalized spacial score (nSPS) is 20.3. The van der Waals surface area contributed by atoms with Gasteiger partial charge in [-0.25, -0.2) is 0 Å². The molecule has 1 unspecified atom stereocenters. The van der Waals surface area contributed by atoms with Crippen LogP contribution in [0.1, 0.15) is 5.56 Å². The van der Waals surface area contributed by atoms with Crippen molar-refractivity contribution in [3.8, 4) is 5.75 Å². The third-order valence-electron chi connectivity index (χ3n) is 2.04. The molecule has 1 aliphatic rings.